The zero-order valence-corrected chi connectivity index (χ0v) is 18.1. The molecule has 3 rings (SSSR count). The molecule has 31 heavy (non-hydrogen) atoms. The van der Waals surface area contributed by atoms with Gasteiger partial charge >= 0.3 is 0 Å². The van der Waals surface area contributed by atoms with Crippen LogP contribution >= 0.6 is 0 Å². The molecule has 1 saturated heterocycles. The topological polar surface area (TPSA) is 95.8 Å². The summed E-state index contributed by atoms with van der Waals surface area (Å²) < 4.78 is 0. The van der Waals surface area contributed by atoms with E-state index in [0.29, 0.717) is 38.3 Å². The lowest BCUT2D eigenvalue weighted by Crippen LogP contribution is -2.48. The van der Waals surface area contributed by atoms with Crippen molar-refractivity contribution >= 4 is 23.2 Å². The number of piperazine rings is 1. The normalized spacial score (nSPS) is 14.8. The molecule has 164 valence electrons. The van der Waals surface area contributed by atoms with Gasteiger partial charge in [0.15, 0.2) is 0 Å². The zero-order valence-electron chi connectivity index (χ0n) is 18.1. The average Bonchev–Trinajstić information content (AvgIpc) is 2.77. The molecule has 8 heteroatoms. The highest BCUT2D eigenvalue weighted by molar-refractivity contribution is 5.96. The van der Waals surface area contributed by atoms with Crippen molar-refractivity contribution in [3.05, 3.63) is 69.3 Å². The minimum atomic E-state index is -0.458. The fraction of sp³-hybridized carbons (Fsp3) is 0.391. The van der Waals surface area contributed by atoms with E-state index in [4.69, 9.17) is 0 Å². The van der Waals surface area contributed by atoms with Crippen molar-refractivity contribution in [1.82, 2.24) is 10.2 Å². The number of carbonyl (C=O) groups is 2. The monoisotopic (exact) mass is 424 g/mol. The van der Waals surface area contributed by atoms with E-state index in [1.54, 1.807) is 17.0 Å². The van der Waals surface area contributed by atoms with Crippen molar-refractivity contribution in [1.29, 1.82) is 0 Å². The molecule has 2 aromatic rings. The number of nitro groups is 1. The molecule has 1 fully saturated rings. The maximum Gasteiger partial charge on any atom is 0.293 e. The van der Waals surface area contributed by atoms with Crippen LogP contribution in [0.1, 0.15) is 47.8 Å². The van der Waals surface area contributed by atoms with Crippen LogP contribution in [-0.4, -0.2) is 47.8 Å². The molecule has 0 bridgehead atoms. The second-order valence-corrected chi connectivity index (χ2v) is 7.80. The van der Waals surface area contributed by atoms with Gasteiger partial charge in [0.25, 0.3) is 11.6 Å². The van der Waals surface area contributed by atoms with Crippen LogP contribution < -0.4 is 10.2 Å². The summed E-state index contributed by atoms with van der Waals surface area (Å²) in [6.07, 6.45) is 0.704. The van der Waals surface area contributed by atoms with Gasteiger partial charge < -0.3 is 15.1 Å². The first kappa shape index (κ1) is 22.3. The van der Waals surface area contributed by atoms with Gasteiger partial charge in [0.1, 0.15) is 5.69 Å². The molecule has 0 spiro atoms. The van der Waals surface area contributed by atoms with Crippen LogP contribution in [0.25, 0.3) is 0 Å². The van der Waals surface area contributed by atoms with E-state index in [1.807, 2.05) is 43.0 Å². The van der Waals surface area contributed by atoms with Gasteiger partial charge in [-0.2, -0.15) is 0 Å². The van der Waals surface area contributed by atoms with E-state index in [0.717, 1.165) is 11.1 Å². The van der Waals surface area contributed by atoms with Gasteiger partial charge in [0.05, 0.1) is 11.0 Å². The molecule has 0 aromatic heterocycles. The van der Waals surface area contributed by atoms with E-state index in [2.05, 4.69) is 5.32 Å². The number of rotatable bonds is 6. The highest BCUT2D eigenvalue weighted by Crippen LogP contribution is 2.30. The second kappa shape index (κ2) is 9.59. The first-order valence-corrected chi connectivity index (χ1v) is 10.5. The fourth-order valence-corrected chi connectivity index (χ4v) is 3.80. The highest BCUT2D eigenvalue weighted by Gasteiger charge is 2.26. The molecule has 0 aliphatic carbocycles. The number of aryl methyl sites for hydroxylation is 1. The van der Waals surface area contributed by atoms with Gasteiger partial charge in [-0.15, -0.1) is 0 Å². The second-order valence-electron chi connectivity index (χ2n) is 7.80. The number of nitrogens with one attached hydrogen (secondary N) is 1. The Morgan fingerprint density at radius 1 is 1.10 bits per heavy atom. The summed E-state index contributed by atoms with van der Waals surface area (Å²) in [5.41, 5.74) is 2.75. The third-order valence-corrected chi connectivity index (χ3v) is 5.69. The van der Waals surface area contributed by atoms with Gasteiger partial charge in [-0.25, -0.2) is 0 Å². The lowest BCUT2D eigenvalue weighted by Gasteiger charge is -2.35. The first-order valence-electron chi connectivity index (χ1n) is 10.5. The van der Waals surface area contributed by atoms with Crippen LogP contribution in [0.2, 0.25) is 0 Å². The predicted molar refractivity (Wildman–Crippen MR) is 119 cm³/mol. The van der Waals surface area contributed by atoms with Crippen LogP contribution in [-0.2, 0) is 4.79 Å². The average molecular weight is 425 g/mol. The summed E-state index contributed by atoms with van der Waals surface area (Å²) >= 11 is 0. The molecule has 2 aromatic carbocycles. The Morgan fingerprint density at radius 2 is 1.74 bits per heavy atom. The molecule has 0 saturated carbocycles. The molecule has 1 heterocycles. The number of benzene rings is 2. The SMILES string of the molecule is CCC(NC(=O)c1ccc(N2CCN(C(C)=O)CC2)c([N+](=O)[O-])c1)c1ccc(C)cc1. The Hall–Kier alpha value is -3.42. The Kier molecular flexibility index (Phi) is 6.89. The number of nitro benzene ring substituents is 1. The van der Waals surface area contributed by atoms with Crippen molar-refractivity contribution in [3.8, 4) is 0 Å². The van der Waals surface area contributed by atoms with Gasteiger partial charge in [0.2, 0.25) is 5.91 Å². The summed E-state index contributed by atoms with van der Waals surface area (Å²) in [5.74, 6) is -0.344. The van der Waals surface area contributed by atoms with Gasteiger partial charge in [-0.3, -0.25) is 19.7 Å². The Balaban J connectivity index is 1.78. The molecular weight excluding hydrogens is 396 g/mol. The van der Waals surface area contributed by atoms with E-state index in [1.165, 1.54) is 13.0 Å². The third-order valence-electron chi connectivity index (χ3n) is 5.69. The number of nitrogens with zero attached hydrogens (tertiary/aromatic N) is 3. The van der Waals surface area contributed by atoms with Crippen LogP contribution in [0, 0.1) is 17.0 Å². The summed E-state index contributed by atoms with van der Waals surface area (Å²) in [5, 5.41) is 14.7. The molecule has 1 aliphatic rings. The van der Waals surface area contributed by atoms with Crippen molar-refractivity contribution in [2.75, 3.05) is 31.1 Å². The molecule has 1 unspecified atom stereocenters. The van der Waals surface area contributed by atoms with Crippen LogP contribution in [0.3, 0.4) is 0 Å². The van der Waals surface area contributed by atoms with Crippen molar-refractivity contribution < 1.29 is 14.5 Å². The number of amides is 2. The minimum Gasteiger partial charge on any atom is -0.362 e. The zero-order chi connectivity index (χ0) is 22.5. The maximum absolute atomic E-state index is 12.8. The number of hydrogen-bond acceptors (Lipinski definition) is 5. The van der Waals surface area contributed by atoms with Crippen LogP contribution in [0.5, 0.6) is 0 Å². The third kappa shape index (κ3) is 5.20. The number of carbonyl (C=O) groups excluding carboxylic acids is 2. The van der Waals surface area contributed by atoms with E-state index in [-0.39, 0.29) is 29.1 Å². The molecule has 8 nitrogen and oxygen atoms in total. The lowest BCUT2D eigenvalue weighted by molar-refractivity contribution is -0.384. The van der Waals surface area contributed by atoms with Crippen molar-refractivity contribution in [2.45, 2.75) is 33.2 Å². The highest BCUT2D eigenvalue weighted by atomic mass is 16.6. The predicted octanol–water partition coefficient (Wildman–Crippen LogP) is 3.45. The Morgan fingerprint density at radius 3 is 2.29 bits per heavy atom. The van der Waals surface area contributed by atoms with E-state index < -0.39 is 4.92 Å². The Bertz CT molecular complexity index is 966. The van der Waals surface area contributed by atoms with Gasteiger partial charge in [-0.05, 0) is 31.0 Å². The van der Waals surface area contributed by atoms with E-state index in [9.17, 15) is 19.7 Å². The summed E-state index contributed by atoms with van der Waals surface area (Å²) in [7, 11) is 0. The van der Waals surface area contributed by atoms with Crippen molar-refractivity contribution in [3.63, 3.8) is 0 Å². The summed E-state index contributed by atoms with van der Waals surface area (Å²) in [6, 6.07) is 12.4. The molecule has 0 radical (unpaired) electrons. The lowest BCUT2D eigenvalue weighted by atomic mass is 10.0. The van der Waals surface area contributed by atoms with Gasteiger partial charge in [0, 0.05) is 44.7 Å². The number of hydrogen-bond donors (Lipinski definition) is 1. The molecule has 2 amide bonds. The van der Waals surface area contributed by atoms with Gasteiger partial charge in [-0.1, -0.05) is 36.8 Å². The van der Waals surface area contributed by atoms with Crippen LogP contribution in [0.4, 0.5) is 11.4 Å². The summed E-state index contributed by atoms with van der Waals surface area (Å²) in [6.45, 7) is 7.56. The smallest absolute Gasteiger partial charge is 0.293 e. The number of anilines is 1. The molecule has 1 aliphatic heterocycles. The quantitative estimate of drug-likeness (QED) is 0.566. The molecule has 1 atom stereocenters. The van der Waals surface area contributed by atoms with Crippen molar-refractivity contribution in [2.24, 2.45) is 0 Å². The standard InChI is InChI=1S/C23H28N4O4/c1-4-20(18-7-5-16(2)6-8-18)24-23(29)19-9-10-21(22(15-19)27(30)31)26-13-11-25(12-14-26)17(3)28/h5-10,15,20H,4,11-14H2,1-3H3,(H,24,29). The van der Waals surface area contributed by atoms with E-state index >= 15 is 0 Å². The Labute approximate surface area is 182 Å². The largest absolute Gasteiger partial charge is 0.362 e. The fourth-order valence-electron chi connectivity index (χ4n) is 3.80. The first-order chi connectivity index (χ1) is 14.8. The molecular formula is C23H28N4O4. The maximum atomic E-state index is 12.8. The molecule has 1 N–H and O–H groups in total. The summed E-state index contributed by atoms with van der Waals surface area (Å²) in [4.78, 5) is 39.2. The minimum absolute atomic E-state index is 0.000207. The van der Waals surface area contributed by atoms with Crippen LogP contribution in [0.15, 0.2) is 42.5 Å².